The van der Waals surface area contributed by atoms with Gasteiger partial charge in [0.05, 0.1) is 18.8 Å². The van der Waals surface area contributed by atoms with Crippen LogP contribution >= 0.6 is 0 Å². The average Bonchev–Trinajstić information content (AvgIpc) is 2.86. The molecule has 0 aliphatic carbocycles. The molecule has 0 saturated heterocycles. The summed E-state index contributed by atoms with van der Waals surface area (Å²) in [5.41, 5.74) is 6.90. The number of para-hydroxylation sites is 2. The van der Waals surface area contributed by atoms with E-state index in [1.54, 1.807) is 7.11 Å². The number of rotatable bonds is 5. The molecule has 4 heteroatoms. The molecule has 4 nitrogen and oxygen atoms in total. The second kappa shape index (κ2) is 5.80. The highest BCUT2D eigenvalue weighted by atomic mass is 16.5. The quantitative estimate of drug-likeness (QED) is 0.898. The summed E-state index contributed by atoms with van der Waals surface area (Å²) in [6, 6.07) is 11.8. The molecule has 1 unspecified atom stereocenters. The van der Waals surface area contributed by atoms with Gasteiger partial charge in [0.15, 0.2) is 0 Å². The number of hydrogen-bond donors (Lipinski definition) is 1. The molecule has 0 saturated carbocycles. The van der Waals surface area contributed by atoms with Gasteiger partial charge in [-0.1, -0.05) is 12.1 Å². The number of likely N-dealkylation sites (N-methyl/N-ethyl adjacent to an activating group) is 1. The van der Waals surface area contributed by atoms with Crippen LogP contribution in [0.15, 0.2) is 40.8 Å². The Labute approximate surface area is 113 Å². The fourth-order valence-corrected chi connectivity index (χ4v) is 2.19. The number of anilines is 1. The summed E-state index contributed by atoms with van der Waals surface area (Å²) in [7, 11) is 3.66. The molecule has 0 radical (unpaired) electrons. The van der Waals surface area contributed by atoms with E-state index in [4.69, 9.17) is 14.9 Å². The molecule has 1 atom stereocenters. The van der Waals surface area contributed by atoms with E-state index >= 15 is 0 Å². The van der Waals surface area contributed by atoms with Crippen molar-refractivity contribution in [3.63, 3.8) is 0 Å². The van der Waals surface area contributed by atoms with Crippen LogP contribution in [0.25, 0.3) is 0 Å². The van der Waals surface area contributed by atoms with E-state index in [0.29, 0.717) is 6.54 Å². The van der Waals surface area contributed by atoms with Crippen molar-refractivity contribution in [2.75, 3.05) is 25.6 Å². The standard InChI is InChI=1S/C15H20N2O2/c1-11-8-9-15(19-11)13(10-16)17(2)12-6-4-5-7-14(12)18-3/h4-9,13H,10,16H2,1-3H3. The van der Waals surface area contributed by atoms with Crippen molar-refractivity contribution in [3.05, 3.63) is 47.9 Å². The second-order valence-corrected chi connectivity index (χ2v) is 4.48. The molecule has 1 heterocycles. The molecule has 19 heavy (non-hydrogen) atoms. The zero-order valence-electron chi connectivity index (χ0n) is 11.6. The molecule has 0 aliphatic rings. The maximum atomic E-state index is 5.90. The summed E-state index contributed by atoms with van der Waals surface area (Å²) in [5, 5.41) is 0. The molecular weight excluding hydrogens is 240 g/mol. The first-order valence-electron chi connectivity index (χ1n) is 6.29. The lowest BCUT2D eigenvalue weighted by atomic mass is 10.1. The average molecular weight is 260 g/mol. The maximum absolute atomic E-state index is 5.90. The van der Waals surface area contributed by atoms with Gasteiger partial charge in [0.25, 0.3) is 0 Å². The van der Waals surface area contributed by atoms with E-state index in [-0.39, 0.29) is 6.04 Å². The predicted octanol–water partition coefficient (Wildman–Crippen LogP) is 2.73. The SMILES string of the molecule is COc1ccccc1N(C)C(CN)c1ccc(C)o1. The first-order chi connectivity index (χ1) is 9.17. The van der Waals surface area contributed by atoms with Gasteiger partial charge in [-0.15, -0.1) is 0 Å². The van der Waals surface area contributed by atoms with Gasteiger partial charge in [-0.25, -0.2) is 0 Å². The number of ether oxygens (including phenoxy) is 1. The van der Waals surface area contributed by atoms with Crippen molar-refractivity contribution < 1.29 is 9.15 Å². The van der Waals surface area contributed by atoms with Crippen LogP contribution in [-0.2, 0) is 0 Å². The molecule has 102 valence electrons. The number of furan rings is 1. The Morgan fingerprint density at radius 3 is 2.58 bits per heavy atom. The summed E-state index contributed by atoms with van der Waals surface area (Å²) in [5.74, 6) is 2.59. The lowest BCUT2D eigenvalue weighted by Crippen LogP contribution is -2.30. The molecule has 2 rings (SSSR count). The van der Waals surface area contributed by atoms with Crippen LogP contribution in [0.5, 0.6) is 5.75 Å². The Hall–Kier alpha value is -1.94. The minimum Gasteiger partial charge on any atom is -0.495 e. The Bertz CT molecular complexity index is 536. The van der Waals surface area contributed by atoms with Crippen LogP contribution in [-0.4, -0.2) is 20.7 Å². The van der Waals surface area contributed by atoms with Gasteiger partial charge >= 0.3 is 0 Å². The van der Waals surface area contributed by atoms with Gasteiger partial charge in [-0.3, -0.25) is 0 Å². The molecule has 2 N–H and O–H groups in total. The first-order valence-corrected chi connectivity index (χ1v) is 6.29. The van der Waals surface area contributed by atoms with E-state index in [0.717, 1.165) is 23.0 Å². The van der Waals surface area contributed by atoms with Gasteiger partial charge in [0.1, 0.15) is 17.3 Å². The minimum atomic E-state index is -0.00926. The highest BCUT2D eigenvalue weighted by Gasteiger charge is 2.21. The summed E-state index contributed by atoms with van der Waals surface area (Å²) in [6.45, 7) is 2.40. The monoisotopic (exact) mass is 260 g/mol. The van der Waals surface area contributed by atoms with Crippen molar-refractivity contribution in [1.29, 1.82) is 0 Å². The van der Waals surface area contributed by atoms with Gasteiger partial charge in [0, 0.05) is 13.6 Å². The lowest BCUT2D eigenvalue weighted by Gasteiger charge is -2.28. The van der Waals surface area contributed by atoms with Gasteiger partial charge in [-0.2, -0.15) is 0 Å². The van der Waals surface area contributed by atoms with Crippen LogP contribution in [0.1, 0.15) is 17.6 Å². The fourth-order valence-electron chi connectivity index (χ4n) is 2.19. The van der Waals surface area contributed by atoms with Crippen LogP contribution in [0.3, 0.4) is 0 Å². The molecule has 0 spiro atoms. The number of nitrogens with zero attached hydrogens (tertiary/aromatic N) is 1. The van der Waals surface area contributed by atoms with E-state index < -0.39 is 0 Å². The summed E-state index contributed by atoms with van der Waals surface area (Å²) < 4.78 is 11.1. The van der Waals surface area contributed by atoms with Crippen molar-refractivity contribution in [3.8, 4) is 5.75 Å². The van der Waals surface area contributed by atoms with E-state index in [2.05, 4.69) is 4.90 Å². The number of hydrogen-bond acceptors (Lipinski definition) is 4. The maximum Gasteiger partial charge on any atom is 0.142 e. The third-order valence-electron chi connectivity index (χ3n) is 3.25. The number of benzene rings is 1. The number of aryl methyl sites for hydroxylation is 1. The molecule has 0 bridgehead atoms. The van der Waals surface area contributed by atoms with Crippen LogP contribution in [0.2, 0.25) is 0 Å². The third kappa shape index (κ3) is 2.74. The molecule has 1 aromatic carbocycles. The van der Waals surface area contributed by atoms with Gasteiger partial charge in [0.2, 0.25) is 0 Å². The largest absolute Gasteiger partial charge is 0.495 e. The minimum absolute atomic E-state index is 0.00926. The van der Waals surface area contributed by atoms with E-state index in [1.165, 1.54) is 0 Å². The highest BCUT2D eigenvalue weighted by Crippen LogP contribution is 2.32. The van der Waals surface area contributed by atoms with E-state index in [1.807, 2.05) is 50.4 Å². The van der Waals surface area contributed by atoms with Gasteiger partial charge < -0.3 is 19.8 Å². The zero-order chi connectivity index (χ0) is 13.8. The zero-order valence-corrected chi connectivity index (χ0v) is 11.6. The lowest BCUT2D eigenvalue weighted by molar-refractivity contribution is 0.408. The summed E-state index contributed by atoms with van der Waals surface area (Å²) in [4.78, 5) is 2.08. The van der Waals surface area contributed by atoms with Crippen LogP contribution in [0.4, 0.5) is 5.69 Å². The third-order valence-corrected chi connectivity index (χ3v) is 3.25. The molecule has 1 aromatic heterocycles. The number of methoxy groups -OCH3 is 1. The Morgan fingerprint density at radius 1 is 1.26 bits per heavy atom. The Kier molecular flexibility index (Phi) is 4.12. The van der Waals surface area contributed by atoms with Crippen molar-refractivity contribution in [2.45, 2.75) is 13.0 Å². The number of nitrogens with two attached hydrogens (primary N) is 1. The van der Waals surface area contributed by atoms with Crippen molar-refractivity contribution in [2.24, 2.45) is 5.73 Å². The molecular formula is C15H20N2O2. The van der Waals surface area contributed by atoms with E-state index in [9.17, 15) is 0 Å². The molecule has 0 aliphatic heterocycles. The topological polar surface area (TPSA) is 51.6 Å². The van der Waals surface area contributed by atoms with Crippen molar-refractivity contribution in [1.82, 2.24) is 0 Å². The predicted molar refractivity (Wildman–Crippen MR) is 76.6 cm³/mol. The fraction of sp³-hybridized carbons (Fsp3) is 0.333. The second-order valence-electron chi connectivity index (χ2n) is 4.48. The van der Waals surface area contributed by atoms with Crippen LogP contribution < -0.4 is 15.4 Å². The Balaban J connectivity index is 2.33. The van der Waals surface area contributed by atoms with Gasteiger partial charge in [-0.05, 0) is 31.2 Å². The molecule has 0 amide bonds. The smallest absolute Gasteiger partial charge is 0.142 e. The van der Waals surface area contributed by atoms with Crippen LogP contribution in [0, 0.1) is 6.92 Å². The first kappa shape index (κ1) is 13.5. The Morgan fingerprint density at radius 2 is 2.00 bits per heavy atom. The van der Waals surface area contributed by atoms with Crippen molar-refractivity contribution >= 4 is 5.69 Å². The molecule has 0 fully saturated rings. The summed E-state index contributed by atoms with van der Waals surface area (Å²) in [6.07, 6.45) is 0. The normalized spacial score (nSPS) is 12.2. The molecule has 2 aromatic rings. The summed E-state index contributed by atoms with van der Waals surface area (Å²) >= 11 is 0. The highest BCUT2D eigenvalue weighted by molar-refractivity contribution is 5.59.